The SMILES string of the molecule is C[N+](C)(CCCCc1ccccc1)CCCCc1ccccc1. The third-order valence-electron chi connectivity index (χ3n) is 4.64. The van der Waals surface area contributed by atoms with Crippen molar-refractivity contribution in [2.45, 2.75) is 38.5 Å². The molecular formula is C22H32N+. The number of unbranched alkanes of at least 4 members (excludes halogenated alkanes) is 2. The van der Waals surface area contributed by atoms with Gasteiger partial charge in [0.15, 0.2) is 0 Å². The molecule has 0 unspecified atom stereocenters. The van der Waals surface area contributed by atoms with Crippen LogP contribution in [-0.2, 0) is 12.8 Å². The molecule has 1 heteroatoms. The lowest BCUT2D eigenvalue weighted by atomic mass is 10.1. The van der Waals surface area contributed by atoms with E-state index in [-0.39, 0.29) is 0 Å². The van der Waals surface area contributed by atoms with Gasteiger partial charge in [0.05, 0.1) is 27.2 Å². The minimum atomic E-state index is 1.16. The molecule has 124 valence electrons. The summed E-state index contributed by atoms with van der Waals surface area (Å²) in [6.45, 7) is 2.58. The molecule has 2 aromatic carbocycles. The second-order valence-electron chi connectivity index (χ2n) is 7.27. The highest BCUT2D eigenvalue weighted by Gasteiger charge is 2.13. The lowest BCUT2D eigenvalue weighted by Gasteiger charge is -2.30. The maximum Gasteiger partial charge on any atom is 0.0782 e. The Bertz CT molecular complexity index is 481. The first-order valence-corrected chi connectivity index (χ1v) is 9.06. The first kappa shape index (κ1) is 17.7. The number of quaternary nitrogens is 1. The van der Waals surface area contributed by atoms with Gasteiger partial charge in [0.2, 0.25) is 0 Å². The van der Waals surface area contributed by atoms with Gasteiger partial charge in [-0.1, -0.05) is 60.7 Å². The Hall–Kier alpha value is -1.60. The number of aryl methyl sites for hydroxylation is 2. The fourth-order valence-corrected chi connectivity index (χ4v) is 3.14. The fraction of sp³-hybridized carbons (Fsp3) is 0.455. The monoisotopic (exact) mass is 310 g/mol. The lowest BCUT2D eigenvalue weighted by molar-refractivity contribution is -0.890. The first-order valence-electron chi connectivity index (χ1n) is 9.06. The molecule has 2 rings (SSSR count). The third-order valence-corrected chi connectivity index (χ3v) is 4.64. The zero-order valence-corrected chi connectivity index (χ0v) is 14.9. The Morgan fingerprint density at radius 3 is 1.35 bits per heavy atom. The molecule has 0 fully saturated rings. The molecule has 23 heavy (non-hydrogen) atoms. The highest BCUT2D eigenvalue weighted by molar-refractivity contribution is 5.15. The molecule has 0 radical (unpaired) electrons. The molecule has 0 amide bonds. The van der Waals surface area contributed by atoms with Crippen LogP contribution < -0.4 is 0 Å². The average molecular weight is 311 g/mol. The molecule has 0 aliphatic heterocycles. The van der Waals surface area contributed by atoms with Crippen molar-refractivity contribution in [3.05, 3.63) is 71.8 Å². The topological polar surface area (TPSA) is 0 Å². The van der Waals surface area contributed by atoms with E-state index in [1.165, 1.54) is 62.7 Å². The zero-order valence-electron chi connectivity index (χ0n) is 14.9. The van der Waals surface area contributed by atoms with Crippen LogP contribution in [0.25, 0.3) is 0 Å². The summed E-state index contributed by atoms with van der Waals surface area (Å²) < 4.78 is 1.16. The normalized spacial score (nSPS) is 11.6. The lowest BCUT2D eigenvalue weighted by Crippen LogP contribution is -2.41. The van der Waals surface area contributed by atoms with Gasteiger partial charge in [-0.15, -0.1) is 0 Å². The van der Waals surface area contributed by atoms with Gasteiger partial charge in [-0.3, -0.25) is 0 Å². The molecule has 1 nitrogen and oxygen atoms in total. The van der Waals surface area contributed by atoms with Crippen molar-refractivity contribution in [1.29, 1.82) is 0 Å². The van der Waals surface area contributed by atoms with Crippen LogP contribution >= 0.6 is 0 Å². The summed E-state index contributed by atoms with van der Waals surface area (Å²) in [5.41, 5.74) is 2.95. The Kier molecular flexibility index (Phi) is 7.35. The van der Waals surface area contributed by atoms with Crippen molar-refractivity contribution in [1.82, 2.24) is 0 Å². The second kappa shape index (κ2) is 9.52. The minimum Gasteiger partial charge on any atom is -0.328 e. The van der Waals surface area contributed by atoms with Gasteiger partial charge >= 0.3 is 0 Å². The summed E-state index contributed by atoms with van der Waals surface area (Å²) in [6, 6.07) is 21.7. The van der Waals surface area contributed by atoms with Crippen LogP contribution in [0.5, 0.6) is 0 Å². The van der Waals surface area contributed by atoms with E-state index >= 15 is 0 Å². The van der Waals surface area contributed by atoms with Gasteiger partial charge in [0.1, 0.15) is 0 Å². The van der Waals surface area contributed by atoms with E-state index in [4.69, 9.17) is 0 Å². The van der Waals surface area contributed by atoms with Gasteiger partial charge in [-0.05, 0) is 49.7 Å². The molecule has 0 aliphatic carbocycles. The van der Waals surface area contributed by atoms with E-state index in [1.54, 1.807) is 0 Å². The number of benzene rings is 2. The van der Waals surface area contributed by atoms with Crippen LogP contribution in [0.15, 0.2) is 60.7 Å². The van der Waals surface area contributed by atoms with Crippen LogP contribution in [0.4, 0.5) is 0 Å². The van der Waals surface area contributed by atoms with Gasteiger partial charge in [-0.25, -0.2) is 0 Å². The predicted octanol–water partition coefficient (Wildman–Crippen LogP) is 5.11. The van der Waals surface area contributed by atoms with E-state index in [1.807, 2.05) is 0 Å². The molecule has 0 aromatic heterocycles. The summed E-state index contributed by atoms with van der Waals surface area (Å²) in [5, 5.41) is 0. The van der Waals surface area contributed by atoms with E-state index < -0.39 is 0 Å². The van der Waals surface area contributed by atoms with Gasteiger partial charge in [-0.2, -0.15) is 0 Å². The van der Waals surface area contributed by atoms with Crippen LogP contribution in [0.2, 0.25) is 0 Å². The molecule has 0 heterocycles. The van der Waals surface area contributed by atoms with Crippen LogP contribution in [0.3, 0.4) is 0 Å². The van der Waals surface area contributed by atoms with Crippen LogP contribution in [0, 0.1) is 0 Å². The maximum absolute atomic E-state index is 2.38. The smallest absolute Gasteiger partial charge is 0.0782 e. The van der Waals surface area contributed by atoms with Crippen molar-refractivity contribution in [3.63, 3.8) is 0 Å². The molecule has 0 saturated heterocycles. The number of hydrogen-bond acceptors (Lipinski definition) is 0. The number of hydrogen-bond donors (Lipinski definition) is 0. The summed E-state index contributed by atoms with van der Waals surface area (Å²) in [6.07, 6.45) is 7.68. The fourth-order valence-electron chi connectivity index (χ4n) is 3.14. The van der Waals surface area contributed by atoms with Crippen molar-refractivity contribution in [2.75, 3.05) is 27.2 Å². The predicted molar refractivity (Wildman–Crippen MR) is 101 cm³/mol. The zero-order chi connectivity index (χ0) is 16.4. The van der Waals surface area contributed by atoms with Crippen molar-refractivity contribution in [2.24, 2.45) is 0 Å². The standard InChI is InChI=1S/C22H32N/c1-23(2,19-11-9-17-21-13-5-3-6-14-21)20-12-10-18-22-15-7-4-8-16-22/h3-8,13-16H,9-12,17-20H2,1-2H3/q+1. The van der Waals surface area contributed by atoms with E-state index in [2.05, 4.69) is 74.8 Å². The van der Waals surface area contributed by atoms with E-state index in [0.717, 1.165) is 4.48 Å². The van der Waals surface area contributed by atoms with Crippen molar-refractivity contribution >= 4 is 0 Å². The summed E-state index contributed by atoms with van der Waals surface area (Å²) in [4.78, 5) is 0. The summed E-state index contributed by atoms with van der Waals surface area (Å²) >= 11 is 0. The quantitative estimate of drug-likeness (QED) is 0.422. The Morgan fingerprint density at radius 2 is 0.957 bits per heavy atom. The Labute approximate surface area is 142 Å². The third kappa shape index (κ3) is 7.47. The van der Waals surface area contributed by atoms with E-state index in [0.29, 0.717) is 0 Å². The summed E-state index contributed by atoms with van der Waals surface area (Å²) in [7, 11) is 4.76. The molecule has 2 aromatic rings. The maximum atomic E-state index is 2.38. The second-order valence-corrected chi connectivity index (χ2v) is 7.27. The molecular weight excluding hydrogens is 278 g/mol. The largest absolute Gasteiger partial charge is 0.328 e. The van der Waals surface area contributed by atoms with Crippen molar-refractivity contribution in [3.8, 4) is 0 Å². The van der Waals surface area contributed by atoms with Crippen molar-refractivity contribution < 1.29 is 4.48 Å². The van der Waals surface area contributed by atoms with Gasteiger partial charge in [0, 0.05) is 0 Å². The molecule has 0 aliphatic rings. The summed E-state index contributed by atoms with van der Waals surface area (Å²) in [5.74, 6) is 0. The molecule has 0 saturated carbocycles. The van der Waals surface area contributed by atoms with E-state index in [9.17, 15) is 0 Å². The minimum absolute atomic E-state index is 1.16. The number of rotatable bonds is 10. The van der Waals surface area contributed by atoms with Gasteiger partial charge in [0.25, 0.3) is 0 Å². The Morgan fingerprint density at radius 1 is 0.565 bits per heavy atom. The molecule has 0 N–H and O–H groups in total. The highest BCUT2D eigenvalue weighted by Crippen LogP contribution is 2.10. The molecule has 0 atom stereocenters. The molecule has 0 bridgehead atoms. The molecule has 0 spiro atoms. The highest BCUT2D eigenvalue weighted by atomic mass is 15.3. The first-order chi connectivity index (χ1) is 11.2. The average Bonchev–Trinajstić information content (AvgIpc) is 2.58. The Balaban J connectivity index is 1.57. The van der Waals surface area contributed by atoms with Gasteiger partial charge < -0.3 is 4.48 Å². The van der Waals surface area contributed by atoms with Crippen LogP contribution in [0.1, 0.15) is 36.8 Å². The number of nitrogens with zero attached hydrogens (tertiary/aromatic N) is 1. The van der Waals surface area contributed by atoms with Crippen LogP contribution in [-0.4, -0.2) is 31.7 Å².